The van der Waals surface area contributed by atoms with Gasteiger partial charge in [0, 0.05) is 24.7 Å². The largest absolute Gasteiger partial charge is 0.387 e. The van der Waals surface area contributed by atoms with E-state index in [9.17, 15) is 9.59 Å². The molecule has 0 aromatic carbocycles. The summed E-state index contributed by atoms with van der Waals surface area (Å²) in [6.07, 6.45) is 13.7. The lowest BCUT2D eigenvalue weighted by molar-refractivity contribution is -0.121. The van der Waals surface area contributed by atoms with Gasteiger partial charge in [0.05, 0.1) is 13.1 Å². The summed E-state index contributed by atoms with van der Waals surface area (Å²) in [5.41, 5.74) is 0.744. The zero-order valence-corrected chi connectivity index (χ0v) is 29.9. The molecule has 1 aliphatic heterocycles. The summed E-state index contributed by atoms with van der Waals surface area (Å²) in [7, 11) is 3.95. The number of allylic oxidation sites excluding steroid dienone is 1. The Labute approximate surface area is 267 Å². The molecule has 1 amide bonds. The molecule has 0 aromatic rings. The lowest BCUT2D eigenvalue weighted by Crippen LogP contribution is -2.46. The normalized spacial score (nSPS) is 16.2. The van der Waals surface area contributed by atoms with Gasteiger partial charge in [0.2, 0.25) is 5.91 Å². The third-order valence-corrected chi connectivity index (χ3v) is 8.18. The van der Waals surface area contributed by atoms with Crippen LogP contribution < -0.4 is 16.0 Å². The molecule has 43 heavy (non-hydrogen) atoms. The molecule has 2 fully saturated rings. The third kappa shape index (κ3) is 24.3. The van der Waals surface area contributed by atoms with Crippen LogP contribution in [0.4, 0.5) is 0 Å². The molecular formula is C35H72N6O2. The highest BCUT2D eigenvalue weighted by Gasteiger charge is 2.25. The Kier molecular flexibility index (Phi) is 30.6. The molecule has 1 saturated carbocycles. The van der Waals surface area contributed by atoms with E-state index in [4.69, 9.17) is 0 Å². The monoisotopic (exact) mass is 609 g/mol. The number of hydrogen-bond acceptors (Lipinski definition) is 7. The SMILES string of the molecule is C=CNC/C(=C\C)C(=O)NCCC.CCC(C)CC.CCN(C)CC(=O)CN1CCCN(C2CCC2)CCC1.CCNC. The van der Waals surface area contributed by atoms with Gasteiger partial charge < -0.3 is 20.9 Å². The Morgan fingerprint density at radius 3 is 1.95 bits per heavy atom. The lowest BCUT2D eigenvalue weighted by Gasteiger charge is -2.39. The maximum Gasteiger partial charge on any atom is 0.248 e. The van der Waals surface area contributed by atoms with E-state index >= 15 is 0 Å². The molecule has 0 unspecified atom stereocenters. The molecule has 2 aliphatic rings. The van der Waals surface area contributed by atoms with E-state index in [2.05, 4.69) is 71.8 Å². The predicted molar refractivity (Wildman–Crippen MR) is 188 cm³/mol. The number of Topliss-reactive ketones (excluding diaryl/α,β-unsaturated/α-hetero) is 1. The molecule has 3 N–H and O–H groups in total. The van der Waals surface area contributed by atoms with Gasteiger partial charge in [0.1, 0.15) is 0 Å². The van der Waals surface area contributed by atoms with Crippen LogP contribution in [-0.4, -0.2) is 112 Å². The second kappa shape index (κ2) is 30.3. The molecule has 8 heteroatoms. The zero-order valence-electron chi connectivity index (χ0n) is 29.9. The first-order valence-corrected chi connectivity index (χ1v) is 17.3. The first kappa shape index (κ1) is 43.4. The zero-order chi connectivity index (χ0) is 32.9. The van der Waals surface area contributed by atoms with Crippen LogP contribution in [0.15, 0.2) is 24.4 Å². The van der Waals surface area contributed by atoms with Gasteiger partial charge in [-0.05, 0) is 105 Å². The van der Waals surface area contributed by atoms with E-state index < -0.39 is 0 Å². The fourth-order valence-electron chi connectivity index (χ4n) is 4.34. The first-order valence-electron chi connectivity index (χ1n) is 17.3. The molecule has 8 nitrogen and oxygen atoms in total. The second-order valence-corrected chi connectivity index (χ2v) is 11.8. The average Bonchev–Trinajstić information content (AvgIpc) is 2.98. The molecule has 0 radical (unpaired) electrons. The summed E-state index contributed by atoms with van der Waals surface area (Å²) in [5, 5.41) is 8.63. The number of rotatable bonds is 15. The number of nitrogens with one attached hydrogen (secondary N) is 3. The van der Waals surface area contributed by atoms with Gasteiger partial charge in [-0.1, -0.05) is 73.5 Å². The van der Waals surface area contributed by atoms with Crippen LogP contribution in [0.1, 0.15) is 99.8 Å². The lowest BCUT2D eigenvalue weighted by atomic mass is 9.91. The van der Waals surface area contributed by atoms with Crippen molar-refractivity contribution < 1.29 is 9.59 Å². The van der Waals surface area contributed by atoms with Crippen molar-refractivity contribution in [1.82, 2.24) is 30.7 Å². The van der Waals surface area contributed by atoms with Crippen LogP contribution in [-0.2, 0) is 9.59 Å². The van der Waals surface area contributed by atoms with Gasteiger partial charge in [-0.25, -0.2) is 0 Å². The molecule has 0 bridgehead atoms. The summed E-state index contributed by atoms with van der Waals surface area (Å²) in [4.78, 5) is 30.5. The number of amides is 1. The van der Waals surface area contributed by atoms with Crippen molar-refractivity contribution in [1.29, 1.82) is 0 Å². The standard InChI is InChI=1S/C16H31N3O.C10H18N2O.C6H14.C3H9N/c1-3-17(2)13-16(20)14-18-9-5-11-19(12-6-10-18)15-7-4-8-15;1-4-7-12-10(13)9(5-2)8-11-6-3;1-4-6(3)5-2;1-3-4-2/h15H,3-14H2,1-2H3;5-6,11H,3-4,7-8H2,1-2H3,(H,12,13);6H,4-5H2,1-3H3;4H,3H2,1-2H3/b;9-5+;;. The highest BCUT2D eigenvalue weighted by molar-refractivity contribution is 5.93. The fraction of sp³-hybridized carbons (Fsp3) is 0.829. The maximum absolute atomic E-state index is 12.0. The Bertz CT molecular complexity index is 694. The summed E-state index contributed by atoms with van der Waals surface area (Å²) >= 11 is 0. The number of likely N-dealkylation sites (N-methyl/N-ethyl adjacent to an activating group) is 1. The molecule has 1 saturated heterocycles. The summed E-state index contributed by atoms with van der Waals surface area (Å²) < 4.78 is 0. The first-order chi connectivity index (χ1) is 20.7. The highest BCUT2D eigenvalue weighted by Crippen LogP contribution is 2.25. The van der Waals surface area contributed by atoms with E-state index in [1.807, 2.05) is 34.0 Å². The number of nitrogens with zero attached hydrogens (tertiary/aromatic N) is 3. The Morgan fingerprint density at radius 1 is 1.00 bits per heavy atom. The van der Waals surface area contributed by atoms with E-state index in [0.717, 1.165) is 56.7 Å². The topological polar surface area (TPSA) is 80.0 Å². The van der Waals surface area contributed by atoms with Gasteiger partial charge in [-0.15, -0.1) is 0 Å². The average molecular weight is 609 g/mol. The summed E-state index contributed by atoms with van der Waals surface area (Å²) in [6.45, 7) is 27.5. The van der Waals surface area contributed by atoms with Gasteiger partial charge in [-0.2, -0.15) is 0 Å². The highest BCUT2D eigenvalue weighted by atomic mass is 16.1. The number of hydrogen-bond donors (Lipinski definition) is 3. The Hall–Kier alpha value is -1.74. The number of carbonyl (C=O) groups excluding carboxylic acids is 2. The minimum absolute atomic E-state index is 0.00120. The van der Waals surface area contributed by atoms with Crippen molar-refractivity contribution in [2.75, 3.05) is 79.5 Å². The minimum Gasteiger partial charge on any atom is -0.387 e. The van der Waals surface area contributed by atoms with Crippen LogP contribution >= 0.6 is 0 Å². The minimum atomic E-state index is -0.00120. The van der Waals surface area contributed by atoms with Crippen LogP contribution in [0.5, 0.6) is 0 Å². The molecule has 1 aliphatic carbocycles. The van der Waals surface area contributed by atoms with Crippen LogP contribution in [0, 0.1) is 5.92 Å². The second-order valence-electron chi connectivity index (χ2n) is 11.8. The summed E-state index contributed by atoms with van der Waals surface area (Å²) in [6, 6.07) is 0.876. The smallest absolute Gasteiger partial charge is 0.248 e. The van der Waals surface area contributed by atoms with Crippen molar-refractivity contribution in [2.24, 2.45) is 5.92 Å². The molecule has 1 heterocycles. The Morgan fingerprint density at radius 2 is 1.58 bits per heavy atom. The van der Waals surface area contributed by atoms with Gasteiger partial charge >= 0.3 is 0 Å². The van der Waals surface area contributed by atoms with Crippen molar-refractivity contribution in [3.8, 4) is 0 Å². The van der Waals surface area contributed by atoms with E-state index in [-0.39, 0.29) is 5.91 Å². The van der Waals surface area contributed by atoms with Crippen molar-refractivity contribution in [3.05, 3.63) is 24.4 Å². The van der Waals surface area contributed by atoms with E-state index in [1.165, 1.54) is 58.0 Å². The molecular weight excluding hydrogens is 536 g/mol. The van der Waals surface area contributed by atoms with Crippen molar-refractivity contribution in [2.45, 2.75) is 106 Å². The Balaban J connectivity index is 0. The molecule has 254 valence electrons. The van der Waals surface area contributed by atoms with Crippen molar-refractivity contribution in [3.63, 3.8) is 0 Å². The van der Waals surface area contributed by atoms with Crippen LogP contribution in [0.25, 0.3) is 0 Å². The van der Waals surface area contributed by atoms with Crippen LogP contribution in [0.3, 0.4) is 0 Å². The quantitative estimate of drug-likeness (QED) is 0.217. The number of ketones is 1. The van der Waals surface area contributed by atoms with Gasteiger partial charge in [0.25, 0.3) is 0 Å². The molecule has 2 rings (SSSR count). The molecule has 0 aromatic heterocycles. The van der Waals surface area contributed by atoms with E-state index in [0.29, 0.717) is 25.4 Å². The molecule has 0 atom stereocenters. The molecule has 0 spiro atoms. The van der Waals surface area contributed by atoms with Gasteiger partial charge in [-0.3, -0.25) is 19.4 Å². The van der Waals surface area contributed by atoms with E-state index in [1.54, 1.807) is 6.20 Å². The maximum atomic E-state index is 12.0. The fourth-order valence-corrected chi connectivity index (χ4v) is 4.34. The summed E-state index contributed by atoms with van der Waals surface area (Å²) in [5.74, 6) is 1.30. The van der Waals surface area contributed by atoms with Crippen molar-refractivity contribution >= 4 is 11.7 Å². The third-order valence-electron chi connectivity index (χ3n) is 8.18. The van der Waals surface area contributed by atoms with Crippen LogP contribution in [0.2, 0.25) is 0 Å². The van der Waals surface area contributed by atoms with Gasteiger partial charge in [0.15, 0.2) is 5.78 Å². The predicted octanol–water partition coefficient (Wildman–Crippen LogP) is 5.32. The number of carbonyl (C=O) groups is 2.